The van der Waals surface area contributed by atoms with E-state index < -0.39 is 5.97 Å². The standard InChI is InChI=1S/C12H19NO3/c1-7(2)6-8-9(11(14)15)10(16-13-8)12(3,4)5/h7H,6H2,1-5H3,(H,14,15). The highest BCUT2D eigenvalue weighted by Gasteiger charge is 2.30. The molecule has 0 aliphatic heterocycles. The summed E-state index contributed by atoms with van der Waals surface area (Å²) in [6.45, 7) is 9.80. The van der Waals surface area contributed by atoms with Crippen molar-refractivity contribution in [2.75, 3.05) is 0 Å². The molecule has 0 radical (unpaired) electrons. The summed E-state index contributed by atoms with van der Waals surface area (Å²) in [5.41, 5.74) is 0.448. The van der Waals surface area contributed by atoms with Crippen molar-refractivity contribution in [3.63, 3.8) is 0 Å². The van der Waals surface area contributed by atoms with Crippen LogP contribution >= 0.6 is 0 Å². The lowest BCUT2D eigenvalue weighted by Crippen LogP contribution is -2.16. The summed E-state index contributed by atoms with van der Waals surface area (Å²) in [5, 5.41) is 13.1. The molecule has 0 saturated carbocycles. The summed E-state index contributed by atoms with van der Waals surface area (Å²) in [6.07, 6.45) is 0.626. The van der Waals surface area contributed by atoms with Crippen molar-refractivity contribution in [2.24, 2.45) is 5.92 Å². The van der Waals surface area contributed by atoms with Gasteiger partial charge in [-0.3, -0.25) is 0 Å². The fourth-order valence-electron chi connectivity index (χ4n) is 1.58. The molecule has 4 nitrogen and oxygen atoms in total. The van der Waals surface area contributed by atoms with Crippen molar-refractivity contribution >= 4 is 5.97 Å². The molecule has 0 saturated heterocycles. The number of carbonyl (C=O) groups is 1. The number of aromatic nitrogens is 1. The Hall–Kier alpha value is -1.32. The minimum atomic E-state index is -0.957. The second kappa shape index (κ2) is 4.28. The largest absolute Gasteiger partial charge is 0.477 e. The van der Waals surface area contributed by atoms with Crippen LogP contribution < -0.4 is 0 Å². The third-order valence-electron chi connectivity index (χ3n) is 2.26. The van der Waals surface area contributed by atoms with E-state index in [-0.39, 0.29) is 11.0 Å². The lowest BCUT2D eigenvalue weighted by Gasteiger charge is -2.14. The van der Waals surface area contributed by atoms with E-state index in [1.165, 1.54) is 0 Å². The second-order valence-electron chi connectivity index (χ2n) is 5.49. The van der Waals surface area contributed by atoms with Crippen LogP contribution in [-0.4, -0.2) is 16.2 Å². The molecule has 16 heavy (non-hydrogen) atoms. The van der Waals surface area contributed by atoms with Crippen LogP contribution in [-0.2, 0) is 11.8 Å². The van der Waals surface area contributed by atoms with Gasteiger partial charge in [-0.15, -0.1) is 0 Å². The zero-order valence-electron chi connectivity index (χ0n) is 10.5. The number of nitrogens with zero attached hydrogens (tertiary/aromatic N) is 1. The first-order valence-corrected chi connectivity index (χ1v) is 5.45. The van der Waals surface area contributed by atoms with Crippen molar-refractivity contribution in [3.8, 4) is 0 Å². The molecule has 0 aliphatic rings. The molecule has 0 aliphatic carbocycles. The third kappa shape index (κ3) is 2.62. The number of carboxylic acids is 1. The first kappa shape index (κ1) is 12.7. The Morgan fingerprint density at radius 3 is 2.38 bits per heavy atom. The maximum atomic E-state index is 11.2. The topological polar surface area (TPSA) is 63.3 Å². The van der Waals surface area contributed by atoms with Crippen LogP contribution in [0.4, 0.5) is 0 Å². The van der Waals surface area contributed by atoms with E-state index in [9.17, 15) is 9.90 Å². The zero-order chi connectivity index (χ0) is 12.5. The highest BCUT2D eigenvalue weighted by molar-refractivity contribution is 5.90. The molecule has 0 spiro atoms. The predicted molar refractivity (Wildman–Crippen MR) is 60.7 cm³/mol. The smallest absolute Gasteiger partial charge is 0.341 e. The van der Waals surface area contributed by atoms with Crippen molar-refractivity contribution in [1.82, 2.24) is 5.16 Å². The van der Waals surface area contributed by atoms with Gasteiger partial charge in [-0.1, -0.05) is 39.8 Å². The number of carboxylic acid groups (broad SMARTS) is 1. The van der Waals surface area contributed by atoms with E-state index in [0.29, 0.717) is 23.8 Å². The number of hydrogen-bond acceptors (Lipinski definition) is 3. The van der Waals surface area contributed by atoms with Crippen LogP contribution in [0.1, 0.15) is 56.4 Å². The van der Waals surface area contributed by atoms with Crippen molar-refractivity contribution in [3.05, 3.63) is 17.0 Å². The minimum Gasteiger partial charge on any atom is -0.477 e. The van der Waals surface area contributed by atoms with Crippen LogP contribution in [0.25, 0.3) is 0 Å². The first-order chi connectivity index (χ1) is 7.23. The molecule has 0 fully saturated rings. The summed E-state index contributed by atoms with van der Waals surface area (Å²) in [7, 11) is 0. The molecule has 1 aromatic heterocycles. The monoisotopic (exact) mass is 225 g/mol. The van der Waals surface area contributed by atoms with Crippen LogP contribution in [0.15, 0.2) is 4.52 Å². The predicted octanol–water partition coefficient (Wildman–Crippen LogP) is 2.87. The van der Waals surface area contributed by atoms with E-state index in [1.54, 1.807) is 0 Å². The molecule has 0 bridgehead atoms. The lowest BCUT2D eigenvalue weighted by molar-refractivity contribution is 0.0691. The number of rotatable bonds is 3. The fourth-order valence-corrected chi connectivity index (χ4v) is 1.58. The fraction of sp³-hybridized carbons (Fsp3) is 0.667. The van der Waals surface area contributed by atoms with Gasteiger partial charge in [0.1, 0.15) is 5.56 Å². The lowest BCUT2D eigenvalue weighted by atomic mass is 9.88. The zero-order valence-corrected chi connectivity index (χ0v) is 10.5. The van der Waals surface area contributed by atoms with Gasteiger partial charge in [-0.25, -0.2) is 4.79 Å². The molecule has 0 amide bonds. The van der Waals surface area contributed by atoms with E-state index in [0.717, 1.165) is 0 Å². The van der Waals surface area contributed by atoms with E-state index in [1.807, 2.05) is 34.6 Å². The highest BCUT2D eigenvalue weighted by Crippen LogP contribution is 2.29. The average Bonchev–Trinajstić information content (AvgIpc) is 2.45. The molecule has 1 N–H and O–H groups in total. The maximum Gasteiger partial charge on any atom is 0.341 e. The normalized spacial score (nSPS) is 12.1. The SMILES string of the molecule is CC(C)Cc1noc(C(C)(C)C)c1C(=O)O. The van der Waals surface area contributed by atoms with Crippen molar-refractivity contribution in [1.29, 1.82) is 0 Å². The summed E-state index contributed by atoms with van der Waals surface area (Å²) < 4.78 is 5.19. The van der Waals surface area contributed by atoms with Gasteiger partial charge < -0.3 is 9.63 Å². The van der Waals surface area contributed by atoms with Crippen molar-refractivity contribution < 1.29 is 14.4 Å². The van der Waals surface area contributed by atoms with Crippen LogP contribution in [0.5, 0.6) is 0 Å². The second-order valence-corrected chi connectivity index (χ2v) is 5.49. The van der Waals surface area contributed by atoms with E-state index in [2.05, 4.69) is 5.16 Å². The van der Waals surface area contributed by atoms with Gasteiger partial charge in [0, 0.05) is 5.41 Å². The molecule has 1 heterocycles. The van der Waals surface area contributed by atoms with Gasteiger partial charge >= 0.3 is 5.97 Å². The summed E-state index contributed by atoms with van der Waals surface area (Å²) >= 11 is 0. The van der Waals surface area contributed by atoms with Crippen LogP contribution in [0.2, 0.25) is 0 Å². The van der Waals surface area contributed by atoms with Gasteiger partial charge in [-0.2, -0.15) is 0 Å². The molecular weight excluding hydrogens is 206 g/mol. The Labute approximate surface area is 95.6 Å². The van der Waals surface area contributed by atoms with Gasteiger partial charge in [0.15, 0.2) is 5.76 Å². The minimum absolute atomic E-state index is 0.237. The van der Waals surface area contributed by atoms with E-state index in [4.69, 9.17) is 4.52 Å². The first-order valence-electron chi connectivity index (χ1n) is 5.45. The molecule has 0 aromatic carbocycles. The van der Waals surface area contributed by atoms with Gasteiger partial charge in [0.2, 0.25) is 0 Å². The maximum absolute atomic E-state index is 11.2. The van der Waals surface area contributed by atoms with Crippen LogP contribution in [0, 0.1) is 5.92 Å². The molecular formula is C12H19NO3. The molecule has 0 unspecified atom stereocenters. The van der Waals surface area contributed by atoms with Gasteiger partial charge in [0.05, 0.1) is 5.69 Å². The molecule has 1 rings (SSSR count). The molecule has 90 valence electrons. The third-order valence-corrected chi connectivity index (χ3v) is 2.26. The van der Waals surface area contributed by atoms with Gasteiger partial charge in [-0.05, 0) is 12.3 Å². The summed E-state index contributed by atoms with van der Waals surface area (Å²) in [5.74, 6) is -0.145. The average molecular weight is 225 g/mol. The Morgan fingerprint density at radius 2 is 2.00 bits per heavy atom. The Morgan fingerprint density at radius 1 is 1.44 bits per heavy atom. The van der Waals surface area contributed by atoms with Gasteiger partial charge in [0.25, 0.3) is 0 Å². The van der Waals surface area contributed by atoms with E-state index >= 15 is 0 Å². The quantitative estimate of drug-likeness (QED) is 0.859. The molecule has 4 heteroatoms. The molecule has 0 atom stereocenters. The Bertz CT molecular complexity index is 385. The highest BCUT2D eigenvalue weighted by atomic mass is 16.5. The summed E-state index contributed by atoms with van der Waals surface area (Å²) in [6, 6.07) is 0. The number of aromatic carboxylic acids is 1. The van der Waals surface area contributed by atoms with Crippen molar-refractivity contribution in [2.45, 2.75) is 46.5 Å². The Balaban J connectivity index is 3.23. The number of hydrogen-bond donors (Lipinski definition) is 1. The van der Waals surface area contributed by atoms with Crippen LogP contribution in [0.3, 0.4) is 0 Å². The summed E-state index contributed by atoms with van der Waals surface area (Å²) in [4.78, 5) is 11.2. The Kier molecular flexibility index (Phi) is 3.41. The molecule has 1 aromatic rings.